The molecule has 3 N–H and O–H groups in total. The maximum Gasteiger partial charge on any atom is 0.198 e. The molecule has 29 heavy (non-hydrogen) atoms. The van der Waals surface area contributed by atoms with E-state index in [-0.39, 0.29) is 33.9 Å². The third-order valence-electron chi connectivity index (χ3n) is 5.07. The largest absolute Gasteiger partial charge is 0.507 e. The van der Waals surface area contributed by atoms with Gasteiger partial charge >= 0.3 is 0 Å². The lowest BCUT2D eigenvalue weighted by Gasteiger charge is -2.23. The number of nitrogens with two attached hydrogens (primary N) is 1. The van der Waals surface area contributed by atoms with Crippen molar-refractivity contribution in [3.05, 3.63) is 76.3 Å². The van der Waals surface area contributed by atoms with E-state index in [9.17, 15) is 14.7 Å². The molecule has 146 valence electrons. The molecule has 0 amide bonds. The highest BCUT2D eigenvalue weighted by Crippen LogP contribution is 2.43. The van der Waals surface area contributed by atoms with Gasteiger partial charge in [-0.1, -0.05) is 24.3 Å². The average Bonchev–Trinajstić information content (AvgIpc) is 2.68. The van der Waals surface area contributed by atoms with Crippen LogP contribution in [0.3, 0.4) is 0 Å². The molecule has 0 radical (unpaired) electrons. The number of phenols is 1. The maximum absolute atomic E-state index is 13.1. The number of hydrogen-bond acceptors (Lipinski definition) is 6. The summed E-state index contributed by atoms with van der Waals surface area (Å²) in [5, 5.41) is 10.6. The summed E-state index contributed by atoms with van der Waals surface area (Å²) in [6.45, 7) is 1.75. The van der Waals surface area contributed by atoms with Crippen LogP contribution >= 0.6 is 0 Å². The van der Waals surface area contributed by atoms with Gasteiger partial charge in [0.15, 0.2) is 17.3 Å². The van der Waals surface area contributed by atoms with E-state index < -0.39 is 11.6 Å². The zero-order chi connectivity index (χ0) is 20.9. The second-order valence-corrected chi connectivity index (χ2v) is 7.21. The van der Waals surface area contributed by atoms with Gasteiger partial charge in [0.1, 0.15) is 11.5 Å². The van der Waals surface area contributed by atoms with E-state index in [4.69, 9.17) is 10.5 Å². The van der Waals surface area contributed by atoms with Gasteiger partial charge in [0.25, 0.3) is 0 Å². The van der Waals surface area contributed by atoms with Crippen LogP contribution in [0.5, 0.6) is 17.2 Å². The Hall–Kier alpha value is -3.80. The van der Waals surface area contributed by atoms with Crippen LogP contribution in [0.4, 0.5) is 11.4 Å². The van der Waals surface area contributed by atoms with Crippen molar-refractivity contribution >= 4 is 22.9 Å². The summed E-state index contributed by atoms with van der Waals surface area (Å²) in [7, 11) is 3.81. The molecule has 0 fully saturated rings. The number of carbonyl (C=O) groups is 2. The van der Waals surface area contributed by atoms with Crippen molar-refractivity contribution in [2.24, 2.45) is 0 Å². The number of nitrogen functional groups attached to an aromatic ring is 1. The lowest BCUT2D eigenvalue weighted by Crippen LogP contribution is -2.23. The molecule has 0 bridgehead atoms. The fourth-order valence-electron chi connectivity index (χ4n) is 3.58. The molecular formula is C23H20N2O4. The highest BCUT2D eigenvalue weighted by Gasteiger charge is 2.36. The van der Waals surface area contributed by atoms with Crippen LogP contribution in [0, 0.1) is 6.92 Å². The summed E-state index contributed by atoms with van der Waals surface area (Å²) in [5.74, 6) is -0.542. The van der Waals surface area contributed by atoms with Crippen molar-refractivity contribution in [2.45, 2.75) is 6.92 Å². The predicted octanol–water partition coefficient (Wildman–Crippen LogP) is 3.92. The number of ketones is 2. The molecule has 6 heteroatoms. The first-order chi connectivity index (χ1) is 13.8. The topological polar surface area (TPSA) is 92.9 Å². The van der Waals surface area contributed by atoms with Gasteiger partial charge in [-0.15, -0.1) is 0 Å². The summed E-state index contributed by atoms with van der Waals surface area (Å²) in [4.78, 5) is 28.1. The molecule has 0 atom stereocenters. The van der Waals surface area contributed by atoms with Crippen molar-refractivity contribution in [3.63, 3.8) is 0 Å². The van der Waals surface area contributed by atoms with Gasteiger partial charge in [-0.05, 0) is 24.6 Å². The highest BCUT2D eigenvalue weighted by atomic mass is 16.5. The van der Waals surface area contributed by atoms with Crippen LogP contribution in [0.15, 0.2) is 48.5 Å². The molecule has 6 nitrogen and oxygen atoms in total. The minimum absolute atomic E-state index is 0.0214. The summed E-state index contributed by atoms with van der Waals surface area (Å²) >= 11 is 0. The quantitative estimate of drug-likeness (QED) is 0.408. The van der Waals surface area contributed by atoms with Crippen LogP contribution < -0.4 is 15.4 Å². The van der Waals surface area contributed by atoms with Crippen molar-refractivity contribution in [3.8, 4) is 17.2 Å². The van der Waals surface area contributed by atoms with E-state index >= 15 is 0 Å². The summed E-state index contributed by atoms with van der Waals surface area (Å²) in [6, 6.07) is 13.6. The number of carbonyl (C=O) groups excluding carboxylic acids is 2. The number of rotatable bonds is 3. The number of anilines is 2. The number of phenolic OH excluding ortho intramolecular Hbond substituents is 1. The van der Waals surface area contributed by atoms with Gasteiger partial charge in [0.05, 0.1) is 16.8 Å². The Morgan fingerprint density at radius 3 is 2.38 bits per heavy atom. The predicted molar refractivity (Wildman–Crippen MR) is 111 cm³/mol. The van der Waals surface area contributed by atoms with E-state index in [1.54, 1.807) is 31.2 Å². The number of benzene rings is 3. The monoisotopic (exact) mass is 388 g/mol. The van der Waals surface area contributed by atoms with Crippen LogP contribution in [0.1, 0.15) is 37.4 Å². The molecule has 3 aromatic rings. The van der Waals surface area contributed by atoms with Gasteiger partial charge in [-0.25, -0.2) is 0 Å². The van der Waals surface area contributed by atoms with Crippen molar-refractivity contribution in [2.75, 3.05) is 24.7 Å². The van der Waals surface area contributed by atoms with E-state index in [0.717, 1.165) is 5.69 Å². The molecule has 1 aliphatic carbocycles. The van der Waals surface area contributed by atoms with E-state index in [1.165, 1.54) is 6.07 Å². The molecule has 4 rings (SSSR count). The lowest BCUT2D eigenvalue weighted by molar-refractivity contribution is 0.0976. The number of fused-ring (bicyclic) bond motifs is 2. The molecule has 0 saturated heterocycles. The van der Waals surface area contributed by atoms with Crippen molar-refractivity contribution in [1.82, 2.24) is 0 Å². The maximum atomic E-state index is 13.1. The Morgan fingerprint density at radius 2 is 1.66 bits per heavy atom. The van der Waals surface area contributed by atoms with Crippen molar-refractivity contribution in [1.29, 1.82) is 0 Å². The smallest absolute Gasteiger partial charge is 0.198 e. The number of nitrogens with zero attached hydrogens (tertiary/aromatic N) is 1. The number of hydrogen-bond donors (Lipinski definition) is 2. The molecular weight excluding hydrogens is 368 g/mol. The van der Waals surface area contributed by atoms with E-state index in [0.29, 0.717) is 16.9 Å². The van der Waals surface area contributed by atoms with Crippen molar-refractivity contribution < 1.29 is 19.4 Å². The van der Waals surface area contributed by atoms with Gasteiger partial charge in [-0.3, -0.25) is 9.59 Å². The first-order valence-corrected chi connectivity index (χ1v) is 9.09. The second-order valence-electron chi connectivity index (χ2n) is 7.21. The average molecular weight is 388 g/mol. The SMILES string of the molecule is Cc1cccc2c1C(=O)c1c(O)cc(Oc3cccc(N(C)C)c3)c(N)c1C2=O. The zero-order valence-corrected chi connectivity index (χ0v) is 16.3. The Labute approximate surface area is 168 Å². The fraction of sp³-hybridized carbons (Fsp3) is 0.130. The molecule has 0 aliphatic heterocycles. The van der Waals surface area contributed by atoms with Crippen LogP contribution in [0.2, 0.25) is 0 Å². The van der Waals surface area contributed by atoms with Gasteiger partial charge in [0, 0.05) is 43.0 Å². The van der Waals surface area contributed by atoms with Crippen LogP contribution in [0.25, 0.3) is 0 Å². The van der Waals surface area contributed by atoms with Gasteiger partial charge < -0.3 is 20.5 Å². The zero-order valence-electron chi connectivity index (χ0n) is 16.3. The Bertz CT molecular complexity index is 1180. The lowest BCUT2D eigenvalue weighted by atomic mass is 9.81. The summed E-state index contributed by atoms with van der Waals surface area (Å²) < 4.78 is 5.87. The molecule has 0 saturated carbocycles. The normalized spacial score (nSPS) is 12.4. The Morgan fingerprint density at radius 1 is 0.931 bits per heavy atom. The van der Waals surface area contributed by atoms with Crippen LogP contribution in [-0.4, -0.2) is 30.8 Å². The summed E-state index contributed by atoms with van der Waals surface area (Å²) in [6.07, 6.45) is 0. The van der Waals surface area contributed by atoms with E-state index in [1.807, 2.05) is 37.2 Å². The number of aromatic hydroxyl groups is 1. The highest BCUT2D eigenvalue weighted by molar-refractivity contribution is 6.31. The number of ether oxygens (including phenoxy) is 1. The molecule has 0 unspecified atom stereocenters. The Balaban J connectivity index is 1.85. The first-order valence-electron chi connectivity index (χ1n) is 9.09. The minimum atomic E-state index is -0.418. The number of aryl methyl sites for hydroxylation is 1. The van der Waals surface area contributed by atoms with Gasteiger partial charge in [-0.2, -0.15) is 0 Å². The summed E-state index contributed by atoms with van der Waals surface area (Å²) in [5.41, 5.74) is 8.34. The van der Waals surface area contributed by atoms with Crippen LogP contribution in [-0.2, 0) is 0 Å². The fourth-order valence-corrected chi connectivity index (χ4v) is 3.58. The molecule has 0 spiro atoms. The molecule has 0 heterocycles. The molecule has 0 aromatic heterocycles. The second kappa shape index (κ2) is 6.67. The molecule has 3 aromatic carbocycles. The molecule has 1 aliphatic rings. The third-order valence-corrected chi connectivity index (χ3v) is 5.07. The standard InChI is InChI=1S/C23H20N2O4/c1-12-6-4-9-15-18(12)23(28)19-16(26)11-17(21(24)20(19)22(15)27)29-14-8-5-7-13(10-14)25(2)3/h4-11,26H,24H2,1-3H3. The Kier molecular flexibility index (Phi) is 4.27. The first kappa shape index (κ1) is 18.6. The van der Waals surface area contributed by atoms with Gasteiger partial charge in [0.2, 0.25) is 0 Å². The van der Waals surface area contributed by atoms with E-state index in [2.05, 4.69) is 0 Å². The minimum Gasteiger partial charge on any atom is -0.507 e. The third kappa shape index (κ3) is 2.89.